The van der Waals surface area contributed by atoms with Gasteiger partial charge in [0, 0.05) is 30.6 Å². The fourth-order valence-corrected chi connectivity index (χ4v) is 6.19. The third-order valence-corrected chi connectivity index (χ3v) is 8.11. The number of piperidine rings is 1. The number of fused-ring (bicyclic) bond motifs is 1. The number of hydrogen-bond donors (Lipinski definition) is 1. The summed E-state index contributed by atoms with van der Waals surface area (Å²) in [4.78, 5) is 18.1. The van der Waals surface area contributed by atoms with Gasteiger partial charge in [0.2, 0.25) is 0 Å². The van der Waals surface area contributed by atoms with Crippen molar-refractivity contribution in [2.24, 2.45) is 0 Å². The molecule has 4 aromatic rings. The maximum absolute atomic E-state index is 13.7. The Balaban J connectivity index is 1.22. The van der Waals surface area contributed by atoms with Gasteiger partial charge < -0.3 is 4.98 Å². The van der Waals surface area contributed by atoms with Crippen molar-refractivity contribution in [1.29, 1.82) is 0 Å². The first-order valence-corrected chi connectivity index (χ1v) is 12.7. The predicted molar refractivity (Wildman–Crippen MR) is 138 cm³/mol. The van der Waals surface area contributed by atoms with Crippen LogP contribution in [-0.2, 0) is 5.41 Å². The molecule has 6 rings (SSSR count). The summed E-state index contributed by atoms with van der Waals surface area (Å²) in [7, 11) is 0. The van der Waals surface area contributed by atoms with Crippen LogP contribution in [0.15, 0.2) is 89.7 Å². The topological polar surface area (TPSA) is 41.0 Å². The molecule has 1 atom stereocenters. The molecule has 1 saturated heterocycles. The number of H-pyrrole nitrogens is 1. The Kier molecular flexibility index (Phi) is 5.84. The monoisotopic (exact) mass is 485 g/mol. The number of aromatic nitrogens is 2. The number of imidazole rings is 1. The van der Waals surface area contributed by atoms with Gasteiger partial charge in [-0.1, -0.05) is 48.6 Å². The Morgan fingerprint density at radius 3 is 2.00 bits per heavy atom. The number of aromatic amines is 1. The smallest absolute Gasteiger partial charge is 0.306 e. The van der Waals surface area contributed by atoms with Crippen LogP contribution in [0.25, 0.3) is 11.0 Å². The zero-order valence-electron chi connectivity index (χ0n) is 20.0. The minimum Gasteiger partial charge on any atom is -0.306 e. The summed E-state index contributed by atoms with van der Waals surface area (Å²) in [5.74, 6) is -0.522. The van der Waals surface area contributed by atoms with Crippen LogP contribution in [-0.4, -0.2) is 33.6 Å². The van der Waals surface area contributed by atoms with Gasteiger partial charge in [0.15, 0.2) is 0 Å². The van der Waals surface area contributed by atoms with Crippen LogP contribution in [0.3, 0.4) is 0 Å². The highest BCUT2D eigenvalue weighted by molar-refractivity contribution is 5.75. The van der Waals surface area contributed by atoms with Crippen molar-refractivity contribution in [3.05, 3.63) is 118 Å². The van der Waals surface area contributed by atoms with Crippen LogP contribution in [0.4, 0.5) is 8.78 Å². The Morgan fingerprint density at radius 1 is 0.806 bits per heavy atom. The average Bonchev–Trinajstić information content (AvgIpc) is 3.25. The summed E-state index contributed by atoms with van der Waals surface area (Å²) in [5, 5.41) is 0. The Morgan fingerprint density at radius 2 is 1.42 bits per heavy atom. The van der Waals surface area contributed by atoms with Crippen molar-refractivity contribution in [1.82, 2.24) is 14.5 Å². The van der Waals surface area contributed by atoms with E-state index in [9.17, 15) is 13.6 Å². The molecule has 184 valence electrons. The lowest BCUT2D eigenvalue weighted by molar-refractivity contribution is 0.144. The van der Waals surface area contributed by atoms with Gasteiger partial charge in [0.25, 0.3) is 0 Å². The number of likely N-dealkylation sites (tertiary alicyclic amines) is 1. The van der Waals surface area contributed by atoms with E-state index in [1.165, 1.54) is 24.3 Å². The molecular formula is C30H29F2N3O. The van der Waals surface area contributed by atoms with E-state index in [4.69, 9.17) is 0 Å². The first-order chi connectivity index (χ1) is 17.5. The average molecular weight is 486 g/mol. The van der Waals surface area contributed by atoms with Gasteiger partial charge in [0.1, 0.15) is 11.6 Å². The molecule has 2 heterocycles. The second-order valence-electron chi connectivity index (χ2n) is 10.0. The minimum atomic E-state index is -0.409. The van der Waals surface area contributed by atoms with Crippen molar-refractivity contribution < 1.29 is 8.78 Å². The predicted octanol–water partition coefficient (Wildman–Crippen LogP) is 5.95. The molecule has 0 saturated carbocycles. The molecule has 2 aliphatic rings. The molecule has 1 aliphatic heterocycles. The molecular weight excluding hydrogens is 456 g/mol. The number of benzene rings is 3. The van der Waals surface area contributed by atoms with E-state index in [0.717, 1.165) is 60.9 Å². The number of halogens is 2. The molecule has 1 aliphatic carbocycles. The Labute approximate surface area is 208 Å². The molecule has 1 aromatic heterocycles. The Hall–Kier alpha value is -3.51. The van der Waals surface area contributed by atoms with Crippen molar-refractivity contribution in [3.8, 4) is 0 Å². The van der Waals surface area contributed by atoms with Gasteiger partial charge in [-0.05, 0) is 73.2 Å². The molecule has 0 bridgehead atoms. The van der Waals surface area contributed by atoms with Crippen LogP contribution in [0, 0.1) is 11.6 Å². The third-order valence-electron chi connectivity index (χ3n) is 8.11. The lowest BCUT2D eigenvalue weighted by Crippen LogP contribution is -2.44. The van der Waals surface area contributed by atoms with Crippen molar-refractivity contribution >= 4 is 11.0 Å². The maximum Gasteiger partial charge on any atom is 0.326 e. The second kappa shape index (κ2) is 9.17. The number of nitrogens with one attached hydrogen (secondary N) is 1. The van der Waals surface area contributed by atoms with Crippen LogP contribution in [0.1, 0.15) is 42.9 Å². The van der Waals surface area contributed by atoms with E-state index in [-0.39, 0.29) is 23.4 Å². The second-order valence-corrected chi connectivity index (χ2v) is 10.0. The summed E-state index contributed by atoms with van der Waals surface area (Å²) < 4.78 is 29.3. The zero-order chi connectivity index (χ0) is 24.7. The SMILES string of the molecule is O=c1[nH]c2ccccc2n1C1CCN(C2C=CC(c3ccc(F)cc3)(c3ccc(F)cc3)CC2)CC1. The standard InChI is InChI=1S/C30H29F2N3O/c31-23-9-5-21(6-10-23)30(22-7-11-24(32)12-8-22)17-13-25(14-18-30)34-19-15-26(16-20-34)35-28-4-2-1-3-27(28)33-29(35)36/h1-13,17,25-26H,14-16,18-20H2,(H,33,36). The van der Waals surface area contributed by atoms with E-state index in [1.54, 1.807) is 0 Å². The van der Waals surface area contributed by atoms with E-state index < -0.39 is 5.41 Å². The summed E-state index contributed by atoms with van der Waals surface area (Å²) in [5.41, 5.74) is 3.45. The highest BCUT2D eigenvalue weighted by Crippen LogP contribution is 2.42. The van der Waals surface area contributed by atoms with Crippen molar-refractivity contribution in [2.45, 2.75) is 43.2 Å². The van der Waals surface area contributed by atoms with Crippen molar-refractivity contribution in [2.75, 3.05) is 13.1 Å². The van der Waals surface area contributed by atoms with Gasteiger partial charge in [-0.15, -0.1) is 0 Å². The zero-order valence-corrected chi connectivity index (χ0v) is 20.0. The number of para-hydroxylation sites is 2. The molecule has 3 aromatic carbocycles. The number of nitrogens with zero attached hydrogens (tertiary/aromatic N) is 2. The normalized spacial score (nSPS) is 20.7. The fourth-order valence-electron chi connectivity index (χ4n) is 6.19. The quantitative estimate of drug-likeness (QED) is 0.363. The molecule has 6 heteroatoms. The van der Waals surface area contributed by atoms with Gasteiger partial charge >= 0.3 is 5.69 Å². The molecule has 1 N–H and O–H groups in total. The minimum absolute atomic E-state index is 0.0319. The van der Waals surface area contributed by atoms with Gasteiger partial charge in [-0.25, -0.2) is 13.6 Å². The lowest BCUT2D eigenvalue weighted by atomic mass is 9.68. The number of allylic oxidation sites excluding steroid dienone is 1. The van der Waals surface area contributed by atoms with Crippen LogP contribution < -0.4 is 5.69 Å². The van der Waals surface area contributed by atoms with E-state index in [2.05, 4.69) is 22.0 Å². The third kappa shape index (κ3) is 3.99. The molecule has 0 amide bonds. The molecule has 1 fully saturated rings. The molecule has 0 spiro atoms. The number of rotatable bonds is 4. The highest BCUT2D eigenvalue weighted by Gasteiger charge is 2.37. The van der Waals surface area contributed by atoms with Crippen LogP contribution in [0.5, 0.6) is 0 Å². The molecule has 4 nitrogen and oxygen atoms in total. The maximum atomic E-state index is 13.7. The summed E-state index contributed by atoms with van der Waals surface area (Å²) >= 11 is 0. The first kappa shape index (κ1) is 22.9. The number of hydrogen-bond acceptors (Lipinski definition) is 2. The highest BCUT2D eigenvalue weighted by atomic mass is 19.1. The summed E-state index contributed by atoms with van der Waals surface area (Å²) in [6.07, 6.45) is 8.16. The lowest BCUT2D eigenvalue weighted by Gasteiger charge is -2.42. The summed E-state index contributed by atoms with van der Waals surface area (Å²) in [6.45, 7) is 1.84. The van der Waals surface area contributed by atoms with E-state index in [0.29, 0.717) is 6.04 Å². The van der Waals surface area contributed by atoms with Gasteiger partial charge in [-0.3, -0.25) is 9.47 Å². The van der Waals surface area contributed by atoms with E-state index in [1.807, 2.05) is 53.1 Å². The van der Waals surface area contributed by atoms with Crippen LogP contribution in [0.2, 0.25) is 0 Å². The molecule has 1 unspecified atom stereocenters. The molecule has 0 radical (unpaired) electrons. The van der Waals surface area contributed by atoms with E-state index >= 15 is 0 Å². The first-order valence-electron chi connectivity index (χ1n) is 12.7. The fraction of sp³-hybridized carbons (Fsp3) is 0.300. The largest absolute Gasteiger partial charge is 0.326 e. The van der Waals surface area contributed by atoms with Gasteiger partial charge in [0.05, 0.1) is 11.0 Å². The molecule has 36 heavy (non-hydrogen) atoms. The van der Waals surface area contributed by atoms with Gasteiger partial charge in [-0.2, -0.15) is 0 Å². The van der Waals surface area contributed by atoms with Crippen molar-refractivity contribution in [3.63, 3.8) is 0 Å². The Bertz CT molecular complexity index is 1400. The van der Waals surface area contributed by atoms with Crippen LogP contribution >= 0.6 is 0 Å². The summed E-state index contributed by atoms with van der Waals surface area (Å²) in [6, 6.07) is 21.7.